The second-order valence-corrected chi connectivity index (χ2v) is 5.83. The molecular formula is C18H22N2. The van der Waals surface area contributed by atoms with Crippen molar-refractivity contribution >= 4 is 0 Å². The van der Waals surface area contributed by atoms with E-state index < -0.39 is 0 Å². The summed E-state index contributed by atoms with van der Waals surface area (Å²) in [4.78, 5) is 0. The zero-order chi connectivity index (χ0) is 13.9. The van der Waals surface area contributed by atoms with Gasteiger partial charge in [-0.1, -0.05) is 61.5 Å². The van der Waals surface area contributed by atoms with E-state index in [1.165, 1.54) is 29.5 Å². The maximum absolute atomic E-state index is 5.77. The van der Waals surface area contributed by atoms with Crippen LogP contribution in [0.2, 0.25) is 0 Å². The van der Waals surface area contributed by atoms with Gasteiger partial charge in [-0.05, 0) is 41.4 Å². The largest absolute Gasteiger partial charge is 0.271 e. The van der Waals surface area contributed by atoms with Gasteiger partial charge in [0.1, 0.15) is 0 Å². The van der Waals surface area contributed by atoms with Crippen molar-refractivity contribution in [2.24, 2.45) is 17.7 Å². The number of benzene rings is 2. The van der Waals surface area contributed by atoms with E-state index in [1.807, 2.05) is 6.07 Å². The molecule has 0 amide bonds. The Bertz CT molecular complexity index is 543. The highest BCUT2D eigenvalue weighted by molar-refractivity contribution is 5.63. The van der Waals surface area contributed by atoms with Crippen molar-refractivity contribution in [3.8, 4) is 11.1 Å². The fraction of sp³-hybridized carbons (Fsp3) is 0.333. The third kappa shape index (κ3) is 2.77. The topological polar surface area (TPSA) is 38.0 Å². The zero-order valence-corrected chi connectivity index (χ0v) is 11.9. The van der Waals surface area contributed by atoms with Crippen molar-refractivity contribution in [1.82, 2.24) is 5.43 Å². The number of nitrogens with two attached hydrogens (primary N) is 1. The third-order valence-electron chi connectivity index (χ3n) is 4.45. The first kappa shape index (κ1) is 13.3. The van der Waals surface area contributed by atoms with Crippen LogP contribution in [0.25, 0.3) is 11.1 Å². The fourth-order valence-electron chi connectivity index (χ4n) is 2.96. The molecule has 2 atom stereocenters. The first-order chi connectivity index (χ1) is 9.79. The van der Waals surface area contributed by atoms with Crippen molar-refractivity contribution in [1.29, 1.82) is 0 Å². The molecule has 0 aromatic heterocycles. The minimum absolute atomic E-state index is 0.257. The molecule has 0 heterocycles. The van der Waals surface area contributed by atoms with E-state index in [9.17, 15) is 0 Å². The van der Waals surface area contributed by atoms with Gasteiger partial charge in [0.15, 0.2) is 0 Å². The monoisotopic (exact) mass is 266 g/mol. The number of hydrogen-bond acceptors (Lipinski definition) is 2. The highest BCUT2D eigenvalue weighted by atomic mass is 15.2. The smallest absolute Gasteiger partial charge is 0.0488 e. The lowest BCUT2D eigenvalue weighted by Gasteiger charge is -2.23. The summed E-state index contributed by atoms with van der Waals surface area (Å²) in [6.45, 7) is 2.30. The van der Waals surface area contributed by atoms with E-state index in [4.69, 9.17) is 5.84 Å². The van der Waals surface area contributed by atoms with Gasteiger partial charge in [0.2, 0.25) is 0 Å². The van der Waals surface area contributed by atoms with Gasteiger partial charge in [-0.15, -0.1) is 0 Å². The Hall–Kier alpha value is -1.64. The summed E-state index contributed by atoms with van der Waals surface area (Å²) in [6.07, 6.45) is 2.70. The van der Waals surface area contributed by atoms with E-state index in [0.29, 0.717) is 5.92 Å². The van der Waals surface area contributed by atoms with E-state index >= 15 is 0 Å². The normalized spacial score (nSPS) is 17.7. The molecule has 3 N–H and O–H groups in total. The summed E-state index contributed by atoms with van der Waals surface area (Å²) in [5.41, 5.74) is 6.79. The van der Waals surface area contributed by atoms with Crippen LogP contribution in [0, 0.1) is 11.8 Å². The SMILES string of the molecule is CC(C1CC1)C(NN)c1ccc(-c2ccccc2)cc1. The first-order valence-electron chi connectivity index (χ1n) is 7.41. The molecule has 1 aliphatic rings. The average molecular weight is 266 g/mol. The molecule has 2 nitrogen and oxygen atoms in total. The number of hydrazine groups is 1. The Kier molecular flexibility index (Phi) is 3.86. The van der Waals surface area contributed by atoms with E-state index in [0.717, 1.165) is 5.92 Å². The Balaban J connectivity index is 1.81. The van der Waals surface area contributed by atoms with Crippen LogP contribution in [0.15, 0.2) is 54.6 Å². The van der Waals surface area contributed by atoms with Gasteiger partial charge >= 0.3 is 0 Å². The molecule has 1 aliphatic carbocycles. The maximum Gasteiger partial charge on any atom is 0.0488 e. The molecule has 20 heavy (non-hydrogen) atoms. The quantitative estimate of drug-likeness (QED) is 0.636. The highest BCUT2D eigenvalue weighted by Crippen LogP contribution is 2.42. The summed E-state index contributed by atoms with van der Waals surface area (Å²) in [5, 5.41) is 0. The Morgan fingerprint density at radius 3 is 2.10 bits per heavy atom. The van der Waals surface area contributed by atoms with Crippen molar-refractivity contribution < 1.29 is 0 Å². The second kappa shape index (κ2) is 5.78. The lowest BCUT2D eigenvalue weighted by atomic mass is 9.90. The molecule has 3 rings (SSSR count). The summed E-state index contributed by atoms with van der Waals surface area (Å²) in [5.74, 6) is 7.21. The average Bonchev–Trinajstić information content (AvgIpc) is 3.34. The third-order valence-corrected chi connectivity index (χ3v) is 4.45. The molecule has 1 fully saturated rings. The van der Waals surface area contributed by atoms with Gasteiger partial charge < -0.3 is 0 Å². The lowest BCUT2D eigenvalue weighted by Crippen LogP contribution is -2.33. The predicted molar refractivity (Wildman–Crippen MR) is 83.8 cm³/mol. The van der Waals surface area contributed by atoms with Gasteiger partial charge in [0.05, 0.1) is 0 Å². The van der Waals surface area contributed by atoms with Crippen LogP contribution in [-0.2, 0) is 0 Å². The van der Waals surface area contributed by atoms with Crippen LogP contribution < -0.4 is 11.3 Å². The van der Waals surface area contributed by atoms with Crippen LogP contribution >= 0.6 is 0 Å². The minimum atomic E-state index is 0.257. The van der Waals surface area contributed by atoms with E-state index in [1.54, 1.807) is 0 Å². The summed E-state index contributed by atoms with van der Waals surface area (Å²) < 4.78 is 0. The van der Waals surface area contributed by atoms with Crippen LogP contribution in [0.5, 0.6) is 0 Å². The van der Waals surface area contributed by atoms with Gasteiger partial charge in [-0.2, -0.15) is 0 Å². The molecule has 2 aromatic carbocycles. The predicted octanol–water partition coefficient (Wildman–Crippen LogP) is 3.90. The van der Waals surface area contributed by atoms with Gasteiger partial charge in [-0.3, -0.25) is 11.3 Å². The molecule has 2 heteroatoms. The van der Waals surface area contributed by atoms with E-state index in [2.05, 4.69) is 60.9 Å². The van der Waals surface area contributed by atoms with Crippen molar-refractivity contribution in [2.45, 2.75) is 25.8 Å². The van der Waals surface area contributed by atoms with Crippen LogP contribution in [0.3, 0.4) is 0 Å². The van der Waals surface area contributed by atoms with Crippen LogP contribution in [0.4, 0.5) is 0 Å². The molecule has 0 radical (unpaired) electrons. The highest BCUT2D eigenvalue weighted by Gasteiger charge is 2.33. The summed E-state index contributed by atoms with van der Waals surface area (Å²) in [6, 6.07) is 19.5. The Labute approximate surface area is 121 Å². The molecule has 2 aromatic rings. The molecule has 0 spiro atoms. The Morgan fingerprint density at radius 1 is 0.950 bits per heavy atom. The fourth-order valence-corrected chi connectivity index (χ4v) is 2.96. The molecular weight excluding hydrogens is 244 g/mol. The standard InChI is InChI=1S/C18H22N2/c1-13(14-7-8-14)18(20-19)17-11-9-16(10-12-17)15-5-3-2-4-6-15/h2-6,9-14,18,20H,7-8,19H2,1H3. The second-order valence-electron chi connectivity index (χ2n) is 5.83. The summed E-state index contributed by atoms with van der Waals surface area (Å²) in [7, 11) is 0. The minimum Gasteiger partial charge on any atom is -0.271 e. The first-order valence-corrected chi connectivity index (χ1v) is 7.41. The molecule has 104 valence electrons. The number of hydrogen-bond donors (Lipinski definition) is 2. The molecule has 1 saturated carbocycles. The zero-order valence-electron chi connectivity index (χ0n) is 11.9. The maximum atomic E-state index is 5.77. The van der Waals surface area contributed by atoms with Crippen molar-refractivity contribution in [2.75, 3.05) is 0 Å². The van der Waals surface area contributed by atoms with Gasteiger partial charge in [0, 0.05) is 6.04 Å². The number of nitrogens with one attached hydrogen (secondary N) is 1. The van der Waals surface area contributed by atoms with Crippen LogP contribution in [-0.4, -0.2) is 0 Å². The van der Waals surface area contributed by atoms with Crippen molar-refractivity contribution in [3.05, 3.63) is 60.2 Å². The molecule has 0 bridgehead atoms. The van der Waals surface area contributed by atoms with Crippen molar-refractivity contribution in [3.63, 3.8) is 0 Å². The summed E-state index contributed by atoms with van der Waals surface area (Å²) >= 11 is 0. The Morgan fingerprint density at radius 2 is 1.55 bits per heavy atom. The number of rotatable bonds is 5. The lowest BCUT2D eigenvalue weighted by molar-refractivity contribution is 0.354. The molecule has 0 saturated heterocycles. The van der Waals surface area contributed by atoms with Crippen LogP contribution in [0.1, 0.15) is 31.4 Å². The molecule has 0 aliphatic heterocycles. The molecule has 2 unspecified atom stereocenters. The van der Waals surface area contributed by atoms with Gasteiger partial charge in [-0.25, -0.2) is 0 Å². The van der Waals surface area contributed by atoms with E-state index in [-0.39, 0.29) is 6.04 Å². The van der Waals surface area contributed by atoms with Gasteiger partial charge in [0.25, 0.3) is 0 Å².